The fourth-order valence-electron chi connectivity index (χ4n) is 1.39. The molecule has 0 saturated carbocycles. The summed E-state index contributed by atoms with van der Waals surface area (Å²) in [6.45, 7) is 0. The number of thiophene rings is 1. The number of nitro benzene ring substituents is 1. The van der Waals surface area contributed by atoms with E-state index in [2.05, 4.69) is 5.32 Å². The third kappa shape index (κ3) is 3.75. The number of anilines is 1. The Kier molecular flexibility index (Phi) is 4.04. The number of hydrogen-bond donors (Lipinski definition) is 1. The van der Waals surface area contributed by atoms with Gasteiger partial charge in [-0.1, -0.05) is 0 Å². The minimum absolute atomic E-state index is 0.00758. The first-order valence-corrected chi connectivity index (χ1v) is 6.35. The summed E-state index contributed by atoms with van der Waals surface area (Å²) in [4.78, 5) is 21.6. The molecule has 0 spiro atoms. The molecule has 5 nitrogen and oxygen atoms in total. The van der Waals surface area contributed by atoms with Gasteiger partial charge in [0.25, 0.3) is 5.69 Å². The highest BCUT2D eigenvalue weighted by atomic mass is 32.1. The predicted octanol–water partition coefficient (Wildman–Crippen LogP) is 3.31. The molecule has 0 atom stereocenters. The van der Waals surface area contributed by atoms with E-state index in [9.17, 15) is 14.9 Å². The van der Waals surface area contributed by atoms with Crippen molar-refractivity contribution in [2.75, 3.05) is 5.32 Å². The first-order chi connectivity index (χ1) is 9.15. The molecule has 6 heteroatoms. The molecule has 0 aliphatic carbocycles. The van der Waals surface area contributed by atoms with Crippen LogP contribution in [0.1, 0.15) is 5.56 Å². The van der Waals surface area contributed by atoms with Gasteiger partial charge >= 0.3 is 0 Å². The van der Waals surface area contributed by atoms with Gasteiger partial charge in [-0.25, -0.2) is 0 Å². The highest BCUT2D eigenvalue weighted by Gasteiger charge is 2.04. The molecule has 1 amide bonds. The van der Waals surface area contributed by atoms with Gasteiger partial charge in [0.15, 0.2) is 0 Å². The van der Waals surface area contributed by atoms with E-state index in [1.165, 1.54) is 30.3 Å². The van der Waals surface area contributed by atoms with Crippen LogP contribution in [0.25, 0.3) is 6.08 Å². The van der Waals surface area contributed by atoms with E-state index in [0.29, 0.717) is 5.69 Å². The predicted molar refractivity (Wildman–Crippen MR) is 75.1 cm³/mol. The molecule has 0 fully saturated rings. The molecule has 1 heterocycles. The summed E-state index contributed by atoms with van der Waals surface area (Å²) in [7, 11) is 0. The molecule has 0 unspecified atom stereocenters. The monoisotopic (exact) mass is 274 g/mol. The molecule has 2 rings (SSSR count). The lowest BCUT2D eigenvalue weighted by atomic mass is 10.2. The van der Waals surface area contributed by atoms with Crippen molar-refractivity contribution < 1.29 is 9.72 Å². The van der Waals surface area contributed by atoms with Crippen molar-refractivity contribution in [1.82, 2.24) is 0 Å². The van der Waals surface area contributed by atoms with Crippen molar-refractivity contribution in [3.63, 3.8) is 0 Å². The first kappa shape index (κ1) is 13.0. The van der Waals surface area contributed by atoms with Crippen LogP contribution in [0, 0.1) is 10.1 Å². The Morgan fingerprint density at radius 1 is 1.26 bits per heavy atom. The van der Waals surface area contributed by atoms with Crippen LogP contribution in [-0.2, 0) is 4.79 Å². The maximum atomic E-state index is 11.6. The smallest absolute Gasteiger partial charge is 0.269 e. The Balaban J connectivity index is 1.97. The summed E-state index contributed by atoms with van der Waals surface area (Å²) < 4.78 is 0. The number of rotatable bonds is 4. The van der Waals surface area contributed by atoms with Crippen LogP contribution in [0.3, 0.4) is 0 Å². The molecule has 0 saturated heterocycles. The minimum Gasteiger partial charge on any atom is -0.323 e. The van der Waals surface area contributed by atoms with Crippen molar-refractivity contribution >= 4 is 34.7 Å². The molecule has 0 bridgehead atoms. The van der Waals surface area contributed by atoms with E-state index in [0.717, 1.165) is 5.56 Å². The van der Waals surface area contributed by atoms with E-state index in [4.69, 9.17) is 0 Å². The molecule has 96 valence electrons. The number of carbonyl (C=O) groups is 1. The molecular formula is C13H10N2O3S. The summed E-state index contributed by atoms with van der Waals surface area (Å²) in [6, 6.07) is 7.58. The van der Waals surface area contributed by atoms with Crippen LogP contribution < -0.4 is 5.32 Å². The molecular weight excluding hydrogens is 264 g/mol. The van der Waals surface area contributed by atoms with Crippen molar-refractivity contribution in [1.29, 1.82) is 0 Å². The van der Waals surface area contributed by atoms with Gasteiger partial charge in [-0.05, 0) is 40.6 Å². The fourth-order valence-corrected chi connectivity index (χ4v) is 2.02. The zero-order chi connectivity index (χ0) is 13.7. The number of hydrogen-bond acceptors (Lipinski definition) is 4. The van der Waals surface area contributed by atoms with Gasteiger partial charge in [-0.15, -0.1) is 0 Å². The van der Waals surface area contributed by atoms with Crippen LogP contribution in [-0.4, -0.2) is 10.8 Å². The van der Waals surface area contributed by atoms with Crippen molar-refractivity contribution in [3.05, 3.63) is 62.8 Å². The molecule has 2 aromatic rings. The lowest BCUT2D eigenvalue weighted by molar-refractivity contribution is -0.384. The molecule has 0 radical (unpaired) electrons. The minimum atomic E-state index is -0.484. The number of nitrogens with zero attached hydrogens (tertiary/aromatic N) is 1. The molecule has 0 aliphatic heterocycles. The molecule has 0 aliphatic rings. The average molecular weight is 274 g/mol. The van der Waals surface area contributed by atoms with Crippen molar-refractivity contribution in [2.24, 2.45) is 0 Å². The summed E-state index contributed by atoms with van der Waals surface area (Å²) in [6.07, 6.45) is 3.13. The number of amides is 1. The number of nitro groups is 1. The van der Waals surface area contributed by atoms with E-state index in [1.54, 1.807) is 17.4 Å². The van der Waals surface area contributed by atoms with Crippen LogP contribution in [0.5, 0.6) is 0 Å². The number of nitrogens with one attached hydrogen (secondary N) is 1. The second kappa shape index (κ2) is 5.92. The zero-order valence-corrected chi connectivity index (χ0v) is 10.6. The normalized spacial score (nSPS) is 10.5. The van der Waals surface area contributed by atoms with Gasteiger partial charge in [0.2, 0.25) is 5.91 Å². The Hall–Kier alpha value is -2.47. The summed E-state index contributed by atoms with van der Waals surface area (Å²) >= 11 is 1.55. The highest BCUT2D eigenvalue weighted by molar-refractivity contribution is 7.08. The maximum Gasteiger partial charge on any atom is 0.269 e. The van der Waals surface area contributed by atoms with Crippen LogP contribution in [0.4, 0.5) is 11.4 Å². The second-order valence-electron chi connectivity index (χ2n) is 3.68. The number of benzene rings is 1. The van der Waals surface area contributed by atoms with Crippen LogP contribution in [0.2, 0.25) is 0 Å². The fraction of sp³-hybridized carbons (Fsp3) is 0. The lowest BCUT2D eigenvalue weighted by Gasteiger charge is -2.00. The van der Waals surface area contributed by atoms with E-state index >= 15 is 0 Å². The largest absolute Gasteiger partial charge is 0.323 e. The molecule has 19 heavy (non-hydrogen) atoms. The van der Waals surface area contributed by atoms with Gasteiger partial charge in [0.05, 0.1) is 4.92 Å². The standard InChI is InChI=1S/C13H10N2O3S/c16-13(6-1-10-7-8-19-9-10)14-11-2-4-12(5-3-11)15(17)18/h1-9H,(H,14,16)/b6-1+. The van der Waals surface area contributed by atoms with Gasteiger partial charge in [0, 0.05) is 23.9 Å². The van der Waals surface area contributed by atoms with Crippen LogP contribution in [0.15, 0.2) is 47.2 Å². The Bertz CT molecular complexity index is 603. The lowest BCUT2D eigenvalue weighted by Crippen LogP contribution is -2.07. The topological polar surface area (TPSA) is 72.2 Å². The summed E-state index contributed by atoms with van der Waals surface area (Å²) in [5.74, 6) is -0.278. The average Bonchev–Trinajstić information content (AvgIpc) is 2.90. The summed E-state index contributed by atoms with van der Waals surface area (Å²) in [5.41, 5.74) is 1.47. The first-order valence-electron chi connectivity index (χ1n) is 5.41. The third-order valence-electron chi connectivity index (χ3n) is 2.32. The van der Waals surface area contributed by atoms with Gasteiger partial charge in [-0.3, -0.25) is 14.9 Å². The number of carbonyl (C=O) groups excluding carboxylic acids is 1. The number of non-ortho nitro benzene ring substituents is 1. The van der Waals surface area contributed by atoms with Crippen molar-refractivity contribution in [3.8, 4) is 0 Å². The van der Waals surface area contributed by atoms with E-state index in [1.807, 2.05) is 16.8 Å². The van der Waals surface area contributed by atoms with Crippen molar-refractivity contribution in [2.45, 2.75) is 0 Å². The van der Waals surface area contributed by atoms with E-state index < -0.39 is 4.92 Å². The molecule has 1 aromatic heterocycles. The highest BCUT2D eigenvalue weighted by Crippen LogP contribution is 2.15. The Labute approximate surface area is 113 Å². The maximum absolute atomic E-state index is 11.6. The van der Waals surface area contributed by atoms with E-state index in [-0.39, 0.29) is 11.6 Å². The molecule has 1 aromatic carbocycles. The van der Waals surface area contributed by atoms with Gasteiger partial charge in [0.1, 0.15) is 0 Å². The molecule has 1 N–H and O–H groups in total. The Morgan fingerprint density at radius 3 is 2.58 bits per heavy atom. The van der Waals surface area contributed by atoms with Gasteiger partial charge < -0.3 is 5.32 Å². The Morgan fingerprint density at radius 2 is 2.00 bits per heavy atom. The SMILES string of the molecule is O=C(/C=C/c1ccsc1)Nc1ccc([N+](=O)[O-])cc1. The third-order valence-corrected chi connectivity index (χ3v) is 3.02. The van der Waals surface area contributed by atoms with Crippen LogP contribution >= 0.6 is 11.3 Å². The quantitative estimate of drug-likeness (QED) is 0.528. The van der Waals surface area contributed by atoms with Gasteiger partial charge in [-0.2, -0.15) is 11.3 Å². The summed E-state index contributed by atoms with van der Waals surface area (Å²) in [5, 5.41) is 17.0. The zero-order valence-electron chi connectivity index (χ0n) is 9.78. The second-order valence-corrected chi connectivity index (χ2v) is 4.46.